The van der Waals surface area contributed by atoms with Gasteiger partial charge in [-0.05, 0) is 31.4 Å². The van der Waals surface area contributed by atoms with Gasteiger partial charge in [0, 0.05) is 36.7 Å². The zero-order chi connectivity index (χ0) is 17.9. The number of nitrogens with one attached hydrogen (secondary N) is 1. The molecule has 1 aliphatic carbocycles. The fourth-order valence-corrected chi connectivity index (χ4v) is 3.46. The Hall–Kier alpha value is -2.80. The molecule has 1 N–H and O–H groups in total. The van der Waals surface area contributed by atoms with E-state index < -0.39 is 0 Å². The minimum absolute atomic E-state index is 0.0189. The molecule has 134 valence electrons. The zero-order valence-corrected chi connectivity index (χ0v) is 14.6. The van der Waals surface area contributed by atoms with Crippen molar-refractivity contribution in [2.45, 2.75) is 31.8 Å². The Morgan fingerprint density at radius 3 is 2.88 bits per heavy atom. The second-order valence-electron chi connectivity index (χ2n) is 6.63. The molecule has 7 heteroatoms. The molecule has 2 aromatic heterocycles. The van der Waals surface area contributed by atoms with Crippen LogP contribution in [0.1, 0.15) is 25.7 Å². The summed E-state index contributed by atoms with van der Waals surface area (Å²) in [5.74, 6) is 0.651. The third kappa shape index (κ3) is 3.43. The standard InChI is InChI=1S/C19H21N5O2/c1-26-16-4-2-3-14(11-16)18(25)21-15-7-5-13(6-8-15)17-12-24-10-9-20-23-19(24)22-17/h5-10,12,14,16H,2-4,11H2,1H3,(H,21,25)/t14-,16+/m1/s1. The lowest BCUT2D eigenvalue weighted by atomic mass is 9.86. The smallest absolute Gasteiger partial charge is 0.254 e. The summed E-state index contributed by atoms with van der Waals surface area (Å²) < 4.78 is 7.24. The van der Waals surface area contributed by atoms with Crippen LogP contribution in [0.2, 0.25) is 0 Å². The summed E-state index contributed by atoms with van der Waals surface area (Å²) in [4.78, 5) is 17.0. The van der Waals surface area contributed by atoms with Crippen LogP contribution in [-0.4, -0.2) is 38.7 Å². The third-order valence-corrected chi connectivity index (χ3v) is 4.93. The SMILES string of the molecule is CO[C@H]1CCC[C@@H](C(=O)Nc2ccc(-c3cn4ccnnc4n3)cc2)C1. The molecular weight excluding hydrogens is 330 g/mol. The molecule has 1 amide bonds. The van der Waals surface area contributed by atoms with Gasteiger partial charge in [-0.3, -0.25) is 9.20 Å². The number of anilines is 1. The molecular formula is C19H21N5O2. The van der Waals surface area contributed by atoms with Crippen LogP contribution in [0.25, 0.3) is 17.0 Å². The van der Waals surface area contributed by atoms with E-state index in [1.807, 2.05) is 41.1 Å². The number of ether oxygens (including phenoxy) is 1. The quantitative estimate of drug-likeness (QED) is 0.781. The van der Waals surface area contributed by atoms with Gasteiger partial charge in [0.05, 0.1) is 18.0 Å². The number of aromatic nitrogens is 4. The van der Waals surface area contributed by atoms with Crippen molar-refractivity contribution >= 4 is 17.4 Å². The fraction of sp³-hybridized carbons (Fsp3) is 0.368. The monoisotopic (exact) mass is 351 g/mol. The number of rotatable bonds is 4. The number of fused-ring (bicyclic) bond motifs is 1. The van der Waals surface area contributed by atoms with Crippen molar-refractivity contribution in [1.29, 1.82) is 0 Å². The Balaban J connectivity index is 1.45. The van der Waals surface area contributed by atoms with Crippen molar-refractivity contribution < 1.29 is 9.53 Å². The first-order chi connectivity index (χ1) is 12.7. The third-order valence-electron chi connectivity index (χ3n) is 4.93. The molecule has 1 fully saturated rings. The Bertz CT molecular complexity index is 873. The molecule has 26 heavy (non-hydrogen) atoms. The van der Waals surface area contributed by atoms with Gasteiger partial charge < -0.3 is 10.1 Å². The highest BCUT2D eigenvalue weighted by Gasteiger charge is 2.27. The lowest BCUT2D eigenvalue weighted by Crippen LogP contribution is -2.30. The van der Waals surface area contributed by atoms with Gasteiger partial charge in [-0.1, -0.05) is 18.6 Å². The van der Waals surface area contributed by atoms with Crippen molar-refractivity contribution in [3.05, 3.63) is 42.9 Å². The summed E-state index contributed by atoms with van der Waals surface area (Å²) in [5.41, 5.74) is 2.58. The summed E-state index contributed by atoms with van der Waals surface area (Å²) in [6, 6.07) is 7.70. The van der Waals surface area contributed by atoms with Gasteiger partial charge in [0.15, 0.2) is 0 Å². The van der Waals surface area contributed by atoms with Crippen LogP contribution in [0.15, 0.2) is 42.9 Å². The first kappa shape index (κ1) is 16.7. The molecule has 2 atom stereocenters. The van der Waals surface area contributed by atoms with E-state index in [4.69, 9.17) is 4.74 Å². The molecule has 0 spiro atoms. The number of amides is 1. The molecule has 1 aliphatic rings. The first-order valence-corrected chi connectivity index (χ1v) is 8.83. The highest BCUT2D eigenvalue weighted by atomic mass is 16.5. The predicted octanol–water partition coefficient (Wildman–Crippen LogP) is 2.94. The van der Waals surface area contributed by atoms with Gasteiger partial charge in [0.25, 0.3) is 5.78 Å². The predicted molar refractivity (Wildman–Crippen MR) is 97.6 cm³/mol. The van der Waals surface area contributed by atoms with Gasteiger partial charge in [0.2, 0.25) is 5.91 Å². The Morgan fingerprint density at radius 1 is 1.27 bits per heavy atom. The second kappa shape index (κ2) is 7.21. The number of benzene rings is 1. The van der Waals surface area contributed by atoms with Crippen molar-refractivity contribution in [3.8, 4) is 11.3 Å². The second-order valence-corrected chi connectivity index (χ2v) is 6.63. The minimum Gasteiger partial charge on any atom is -0.381 e. The highest BCUT2D eigenvalue weighted by Crippen LogP contribution is 2.27. The average Bonchev–Trinajstić information content (AvgIpc) is 3.13. The van der Waals surface area contributed by atoms with E-state index in [-0.39, 0.29) is 17.9 Å². The van der Waals surface area contributed by atoms with E-state index in [2.05, 4.69) is 20.5 Å². The number of carbonyl (C=O) groups excluding carboxylic acids is 1. The van der Waals surface area contributed by atoms with Crippen molar-refractivity contribution in [3.63, 3.8) is 0 Å². The Kier molecular flexibility index (Phi) is 4.62. The van der Waals surface area contributed by atoms with Crippen molar-refractivity contribution in [2.24, 2.45) is 5.92 Å². The molecule has 4 rings (SSSR count). The number of hydrogen-bond acceptors (Lipinski definition) is 5. The summed E-state index contributed by atoms with van der Waals surface area (Å²) in [5, 5.41) is 10.8. The largest absolute Gasteiger partial charge is 0.381 e. The Morgan fingerprint density at radius 2 is 2.12 bits per heavy atom. The van der Waals surface area contributed by atoms with Crippen LogP contribution in [0.4, 0.5) is 5.69 Å². The van der Waals surface area contributed by atoms with E-state index in [0.29, 0.717) is 5.78 Å². The normalized spacial score (nSPS) is 20.2. The molecule has 0 unspecified atom stereocenters. The van der Waals surface area contributed by atoms with Crippen LogP contribution >= 0.6 is 0 Å². The van der Waals surface area contributed by atoms with Crippen molar-refractivity contribution in [1.82, 2.24) is 19.6 Å². The lowest BCUT2D eigenvalue weighted by Gasteiger charge is -2.27. The van der Waals surface area contributed by atoms with Crippen LogP contribution in [0, 0.1) is 5.92 Å². The molecule has 0 radical (unpaired) electrons. The number of nitrogens with zero attached hydrogens (tertiary/aromatic N) is 4. The molecule has 2 heterocycles. The highest BCUT2D eigenvalue weighted by molar-refractivity contribution is 5.92. The first-order valence-electron chi connectivity index (χ1n) is 8.83. The van der Waals surface area contributed by atoms with Gasteiger partial charge in [-0.15, -0.1) is 5.10 Å². The summed E-state index contributed by atoms with van der Waals surface area (Å²) in [6.07, 6.45) is 9.32. The molecule has 1 saturated carbocycles. The van der Waals surface area contributed by atoms with Gasteiger partial charge in [0.1, 0.15) is 0 Å². The van der Waals surface area contributed by atoms with E-state index in [1.165, 1.54) is 0 Å². The summed E-state index contributed by atoms with van der Waals surface area (Å²) >= 11 is 0. The fourth-order valence-electron chi connectivity index (χ4n) is 3.46. The molecule has 3 aromatic rings. The van der Waals surface area contributed by atoms with E-state index in [1.54, 1.807) is 13.3 Å². The maximum Gasteiger partial charge on any atom is 0.254 e. The Labute approximate surface area is 151 Å². The van der Waals surface area contributed by atoms with Gasteiger partial charge in [-0.25, -0.2) is 4.98 Å². The van der Waals surface area contributed by atoms with E-state index in [9.17, 15) is 4.79 Å². The molecule has 7 nitrogen and oxygen atoms in total. The number of imidazole rings is 1. The molecule has 0 aliphatic heterocycles. The maximum atomic E-state index is 12.5. The number of methoxy groups -OCH3 is 1. The lowest BCUT2D eigenvalue weighted by molar-refractivity contribution is -0.122. The number of hydrogen-bond donors (Lipinski definition) is 1. The van der Waals surface area contributed by atoms with Gasteiger partial charge >= 0.3 is 0 Å². The topological polar surface area (TPSA) is 81.4 Å². The summed E-state index contributed by atoms with van der Waals surface area (Å²) in [7, 11) is 1.72. The van der Waals surface area contributed by atoms with Crippen LogP contribution in [0.3, 0.4) is 0 Å². The van der Waals surface area contributed by atoms with Crippen LogP contribution in [-0.2, 0) is 9.53 Å². The number of carbonyl (C=O) groups is 1. The molecule has 0 saturated heterocycles. The van der Waals surface area contributed by atoms with Gasteiger partial charge in [-0.2, -0.15) is 5.10 Å². The van der Waals surface area contributed by atoms with E-state index in [0.717, 1.165) is 42.6 Å². The molecule has 0 bridgehead atoms. The van der Waals surface area contributed by atoms with Crippen LogP contribution < -0.4 is 5.32 Å². The summed E-state index contributed by atoms with van der Waals surface area (Å²) in [6.45, 7) is 0. The zero-order valence-electron chi connectivity index (χ0n) is 14.6. The van der Waals surface area contributed by atoms with Crippen molar-refractivity contribution in [2.75, 3.05) is 12.4 Å². The maximum absolute atomic E-state index is 12.5. The average molecular weight is 351 g/mol. The minimum atomic E-state index is 0.0189. The van der Waals surface area contributed by atoms with Crippen LogP contribution in [0.5, 0.6) is 0 Å². The van der Waals surface area contributed by atoms with E-state index >= 15 is 0 Å². The molecule has 1 aromatic carbocycles.